The van der Waals surface area contributed by atoms with E-state index in [-0.39, 0.29) is 6.03 Å². The molecule has 26 heavy (non-hydrogen) atoms. The van der Waals surface area contributed by atoms with Crippen LogP contribution in [0.5, 0.6) is 0 Å². The average Bonchev–Trinajstić information content (AvgIpc) is 3.09. The van der Waals surface area contributed by atoms with Crippen molar-refractivity contribution in [3.63, 3.8) is 0 Å². The van der Waals surface area contributed by atoms with Crippen LogP contribution >= 0.6 is 0 Å². The number of aryl methyl sites for hydroxylation is 2. The Kier molecular flexibility index (Phi) is 4.64. The molecule has 0 saturated heterocycles. The third-order valence-corrected chi connectivity index (χ3v) is 4.73. The molecule has 0 aliphatic heterocycles. The number of anilines is 1. The van der Waals surface area contributed by atoms with Crippen LogP contribution in [0.25, 0.3) is 0 Å². The van der Waals surface area contributed by atoms with Crippen LogP contribution in [-0.4, -0.2) is 27.3 Å². The molecule has 1 atom stereocenters. The minimum Gasteiger partial charge on any atom is -0.337 e. The molecule has 132 valence electrons. The van der Waals surface area contributed by atoms with Crippen molar-refractivity contribution < 1.29 is 4.79 Å². The van der Waals surface area contributed by atoms with E-state index in [4.69, 9.17) is 0 Å². The van der Waals surface area contributed by atoms with Gasteiger partial charge in [0.1, 0.15) is 0 Å². The SMILES string of the molecule is O=C(NC[C@H]1Cc2ccccc21)Nc1ccn(CCc2ccncc2)n1. The first-order valence-electron chi connectivity index (χ1n) is 8.83. The highest BCUT2D eigenvalue weighted by atomic mass is 16.2. The maximum Gasteiger partial charge on any atom is 0.320 e. The van der Waals surface area contributed by atoms with Crippen LogP contribution in [0.3, 0.4) is 0 Å². The van der Waals surface area contributed by atoms with E-state index in [0.29, 0.717) is 18.3 Å². The van der Waals surface area contributed by atoms with Gasteiger partial charge < -0.3 is 5.32 Å². The summed E-state index contributed by atoms with van der Waals surface area (Å²) < 4.78 is 1.83. The summed E-state index contributed by atoms with van der Waals surface area (Å²) in [6, 6.07) is 14.0. The van der Waals surface area contributed by atoms with E-state index in [9.17, 15) is 4.79 Å². The number of hydrogen-bond donors (Lipinski definition) is 2. The molecule has 1 aliphatic rings. The Labute approximate surface area is 152 Å². The van der Waals surface area contributed by atoms with Gasteiger partial charge in [-0.3, -0.25) is 15.0 Å². The van der Waals surface area contributed by atoms with Crippen LogP contribution < -0.4 is 10.6 Å². The van der Waals surface area contributed by atoms with Gasteiger partial charge in [-0.1, -0.05) is 24.3 Å². The number of carbonyl (C=O) groups is 1. The molecular weight excluding hydrogens is 326 g/mol. The molecule has 6 heteroatoms. The molecule has 0 spiro atoms. The molecule has 2 aromatic heterocycles. The predicted molar refractivity (Wildman–Crippen MR) is 100 cm³/mol. The molecule has 0 saturated carbocycles. The molecular formula is C20H21N5O. The van der Waals surface area contributed by atoms with Gasteiger partial charge in [0.25, 0.3) is 0 Å². The first-order chi connectivity index (χ1) is 12.8. The summed E-state index contributed by atoms with van der Waals surface area (Å²) in [5, 5.41) is 10.1. The van der Waals surface area contributed by atoms with Crippen LogP contribution in [0.4, 0.5) is 10.6 Å². The molecule has 1 aromatic carbocycles. The van der Waals surface area contributed by atoms with Gasteiger partial charge in [-0.05, 0) is 41.7 Å². The third-order valence-electron chi connectivity index (χ3n) is 4.73. The molecule has 2 heterocycles. The highest BCUT2D eigenvalue weighted by Gasteiger charge is 2.25. The number of hydrogen-bond acceptors (Lipinski definition) is 3. The van der Waals surface area contributed by atoms with Gasteiger partial charge in [0.2, 0.25) is 0 Å². The van der Waals surface area contributed by atoms with Crippen molar-refractivity contribution in [1.29, 1.82) is 0 Å². The largest absolute Gasteiger partial charge is 0.337 e. The Hall–Kier alpha value is -3.15. The van der Waals surface area contributed by atoms with Crippen molar-refractivity contribution in [1.82, 2.24) is 20.1 Å². The second-order valence-corrected chi connectivity index (χ2v) is 6.50. The van der Waals surface area contributed by atoms with Crippen molar-refractivity contribution in [2.45, 2.75) is 25.3 Å². The molecule has 6 nitrogen and oxygen atoms in total. The van der Waals surface area contributed by atoms with E-state index < -0.39 is 0 Å². The maximum absolute atomic E-state index is 12.1. The number of nitrogens with zero attached hydrogens (tertiary/aromatic N) is 3. The summed E-state index contributed by atoms with van der Waals surface area (Å²) in [5.41, 5.74) is 3.93. The van der Waals surface area contributed by atoms with Gasteiger partial charge in [0, 0.05) is 43.7 Å². The normalized spacial score (nSPS) is 15.0. The quantitative estimate of drug-likeness (QED) is 0.720. The van der Waals surface area contributed by atoms with Crippen LogP contribution in [-0.2, 0) is 19.4 Å². The number of rotatable bonds is 6. The summed E-state index contributed by atoms with van der Waals surface area (Å²) in [4.78, 5) is 16.1. The first kappa shape index (κ1) is 16.3. The minimum atomic E-state index is -0.214. The smallest absolute Gasteiger partial charge is 0.320 e. The molecule has 2 N–H and O–H groups in total. The summed E-state index contributed by atoms with van der Waals surface area (Å²) in [6.07, 6.45) is 7.35. The van der Waals surface area contributed by atoms with Crippen LogP contribution in [0.15, 0.2) is 61.1 Å². The second kappa shape index (κ2) is 7.39. The number of urea groups is 1. The van der Waals surface area contributed by atoms with E-state index in [1.54, 1.807) is 12.4 Å². The zero-order valence-corrected chi connectivity index (χ0v) is 14.4. The van der Waals surface area contributed by atoms with E-state index >= 15 is 0 Å². The Morgan fingerprint density at radius 3 is 2.85 bits per heavy atom. The fourth-order valence-corrected chi connectivity index (χ4v) is 3.27. The van der Waals surface area contributed by atoms with E-state index in [2.05, 4.69) is 38.9 Å². The van der Waals surface area contributed by atoms with E-state index in [1.165, 1.54) is 16.7 Å². The number of nitrogens with one attached hydrogen (secondary N) is 2. The number of carbonyl (C=O) groups excluding carboxylic acids is 1. The zero-order valence-electron chi connectivity index (χ0n) is 14.4. The minimum absolute atomic E-state index is 0.214. The Balaban J connectivity index is 1.23. The fourth-order valence-electron chi connectivity index (χ4n) is 3.27. The predicted octanol–water partition coefficient (Wildman–Crippen LogP) is 2.98. The maximum atomic E-state index is 12.1. The molecule has 4 rings (SSSR count). The van der Waals surface area contributed by atoms with E-state index in [1.807, 2.05) is 35.1 Å². The van der Waals surface area contributed by atoms with Crippen molar-refractivity contribution >= 4 is 11.8 Å². The van der Waals surface area contributed by atoms with Crippen molar-refractivity contribution in [2.75, 3.05) is 11.9 Å². The van der Waals surface area contributed by atoms with Crippen molar-refractivity contribution in [2.24, 2.45) is 0 Å². The summed E-state index contributed by atoms with van der Waals surface area (Å²) >= 11 is 0. The number of aromatic nitrogens is 3. The number of fused-ring (bicyclic) bond motifs is 1. The summed E-state index contributed by atoms with van der Waals surface area (Å²) in [6.45, 7) is 1.40. The lowest BCUT2D eigenvalue weighted by Gasteiger charge is -2.30. The topological polar surface area (TPSA) is 71.8 Å². The van der Waals surface area contributed by atoms with Gasteiger partial charge in [-0.25, -0.2) is 4.79 Å². The standard InChI is InChI=1S/C20H21N5O/c26-20(22-14-17-13-16-3-1-2-4-18(16)17)23-19-8-12-25(24-19)11-7-15-5-9-21-10-6-15/h1-6,8-10,12,17H,7,11,13-14H2,(H2,22,23,24,26)/t17-/m1/s1. The molecule has 0 radical (unpaired) electrons. The molecule has 0 bridgehead atoms. The van der Waals surface area contributed by atoms with Crippen molar-refractivity contribution in [3.8, 4) is 0 Å². The van der Waals surface area contributed by atoms with Gasteiger partial charge in [0.15, 0.2) is 5.82 Å². The van der Waals surface area contributed by atoms with Gasteiger partial charge in [-0.15, -0.1) is 0 Å². The highest BCUT2D eigenvalue weighted by molar-refractivity contribution is 5.88. The monoisotopic (exact) mass is 347 g/mol. The molecule has 0 unspecified atom stereocenters. The molecule has 1 aliphatic carbocycles. The number of benzene rings is 1. The summed E-state index contributed by atoms with van der Waals surface area (Å²) in [5.74, 6) is 0.973. The Morgan fingerprint density at radius 2 is 2.00 bits per heavy atom. The first-order valence-corrected chi connectivity index (χ1v) is 8.83. The van der Waals surface area contributed by atoms with Crippen LogP contribution in [0.1, 0.15) is 22.6 Å². The van der Waals surface area contributed by atoms with Crippen LogP contribution in [0, 0.1) is 0 Å². The fraction of sp³-hybridized carbons (Fsp3) is 0.250. The van der Waals surface area contributed by atoms with Crippen molar-refractivity contribution in [3.05, 3.63) is 77.7 Å². The Morgan fingerprint density at radius 1 is 1.15 bits per heavy atom. The number of pyridine rings is 1. The third kappa shape index (κ3) is 3.74. The number of amides is 2. The highest BCUT2D eigenvalue weighted by Crippen LogP contribution is 2.33. The molecule has 2 amide bonds. The summed E-state index contributed by atoms with van der Waals surface area (Å²) in [7, 11) is 0. The van der Waals surface area contributed by atoms with Gasteiger partial charge >= 0.3 is 6.03 Å². The van der Waals surface area contributed by atoms with Gasteiger partial charge in [0.05, 0.1) is 0 Å². The second-order valence-electron chi connectivity index (χ2n) is 6.50. The van der Waals surface area contributed by atoms with Crippen LogP contribution in [0.2, 0.25) is 0 Å². The lowest BCUT2D eigenvalue weighted by atomic mass is 9.78. The Bertz CT molecular complexity index is 890. The lowest BCUT2D eigenvalue weighted by Crippen LogP contribution is -2.35. The van der Waals surface area contributed by atoms with Gasteiger partial charge in [-0.2, -0.15) is 5.10 Å². The average molecular weight is 347 g/mol. The zero-order chi connectivity index (χ0) is 17.8. The van der Waals surface area contributed by atoms with E-state index in [0.717, 1.165) is 19.4 Å². The molecule has 0 fully saturated rings. The lowest BCUT2D eigenvalue weighted by molar-refractivity contribution is 0.251. The molecule has 3 aromatic rings.